The Hall–Kier alpha value is -0.600. The van der Waals surface area contributed by atoms with Gasteiger partial charge < -0.3 is 10.1 Å². The number of rotatable bonds is 9. The van der Waals surface area contributed by atoms with Crippen molar-refractivity contribution in [3.8, 4) is 0 Å². The Kier molecular flexibility index (Phi) is 8.24. The van der Waals surface area contributed by atoms with Crippen LogP contribution in [0.15, 0.2) is 24.3 Å². The number of ether oxygens (including phenoxy) is 1. The van der Waals surface area contributed by atoms with Gasteiger partial charge in [0.15, 0.2) is 0 Å². The van der Waals surface area contributed by atoms with E-state index in [1.54, 1.807) is 0 Å². The summed E-state index contributed by atoms with van der Waals surface area (Å²) in [7, 11) is 0. The highest BCUT2D eigenvalue weighted by atomic mass is 16.5. The summed E-state index contributed by atoms with van der Waals surface area (Å²) in [5.74, 6) is 3.51. The molecule has 2 aliphatic rings. The lowest BCUT2D eigenvalue weighted by Crippen LogP contribution is -2.48. The molecule has 0 aromatic rings. The van der Waals surface area contributed by atoms with Gasteiger partial charge in [0.1, 0.15) is 0 Å². The summed E-state index contributed by atoms with van der Waals surface area (Å²) in [5, 5.41) is 3.46. The molecule has 0 amide bonds. The fourth-order valence-electron chi connectivity index (χ4n) is 4.64. The van der Waals surface area contributed by atoms with Gasteiger partial charge in [-0.15, -0.1) is 0 Å². The smallest absolute Gasteiger partial charge is 0.0522 e. The van der Waals surface area contributed by atoms with Crippen LogP contribution in [0.25, 0.3) is 0 Å². The predicted octanol–water partition coefficient (Wildman–Crippen LogP) is 6.73. The zero-order valence-electron chi connectivity index (χ0n) is 20.8. The van der Waals surface area contributed by atoms with Gasteiger partial charge in [-0.3, -0.25) is 0 Å². The molecule has 0 spiro atoms. The molecule has 1 N–H and O–H groups in total. The van der Waals surface area contributed by atoms with E-state index in [1.807, 2.05) is 0 Å². The van der Waals surface area contributed by atoms with E-state index in [-0.39, 0.29) is 10.8 Å². The molecule has 3 unspecified atom stereocenters. The number of allylic oxidation sites excluding steroid dienone is 4. The Labute approximate surface area is 182 Å². The molecule has 2 aliphatic heterocycles. The molecule has 2 fully saturated rings. The molecule has 168 valence electrons. The third-order valence-electron chi connectivity index (χ3n) is 7.00. The average molecular weight is 404 g/mol. The normalized spacial score (nSPS) is 23.2. The third-order valence-corrected chi connectivity index (χ3v) is 7.00. The Morgan fingerprint density at radius 1 is 0.897 bits per heavy atom. The van der Waals surface area contributed by atoms with Crippen LogP contribution in [0, 0.1) is 45.8 Å². The Bertz CT molecular complexity index is 552. The maximum atomic E-state index is 5.53. The minimum atomic E-state index is 0.253. The molecule has 0 saturated carbocycles. The maximum absolute atomic E-state index is 5.53. The van der Waals surface area contributed by atoms with Gasteiger partial charge in [-0.2, -0.15) is 0 Å². The Balaban J connectivity index is 1.96. The molecule has 2 heteroatoms. The zero-order valence-corrected chi connectivity index (χ0v) is 20.8. The second-order valence-corrected chi connectivity index (χ2v) is 12.8. The van der Waals surface area contributed by atoms with Gasteiger partial charge in [0, 0.05) is 5.92 Å². The van der Waals surface area contributed by atoms with Crippen molar-refractivity contribution in [3.05, 3.63) is 24.3 Å². The number of hydrogen-bond acceptors (Lipinski definition) is 2. The van der Waals surface area contributed by atoms with Gasteiger partial charge in [0.2, 0.25) is 0 Å². The first-order valence-corrected chi connectivity index (χ1v) is 12.0. The topological polar surface area (TPSA) is 21.3 Å². The summed E-state index contributed by atoms with van der Waals surface area (Å²) >= 11 is 0. The average Bonchev–Trinajstić information content (AvgIpc) is 2.47. The van der Waals surface area contributed by atoms with Crippen molar-refractivity contribution in [1.82, 2.24) is 5.32 Å². The van der Waals surface area contributed by atoms with Crippen LogP contribution < -0.4 is 5.32 Å². The molecular formula is C27H49NO. The van der Waals surface area contributed by atoms with E-state index in [1.165, 1.54) is 25.9 Å². The fourth-order valence-corrected chi connectivity index (χ4v) is 4.64. The summed E-state index contributed by atoms with van der Waals surface area (Å²) in [6.45, 7) is 25.6. The summed E-state index contributed by atoms with van der Waals surface area (Å²) in [4.78, 5) is 0. The SMILES string of the molecule is CC(CCC(C)(C)/C=C/C(C1CNC1)C(C)(C)C)C(/C=C/C(C)(C)C)C1COC1. The molecule has 0 radical (unpaired) electrons. The fraction of sp³-hybridized carbons (Fsp3) is 0.852. The standard InChI is InChI=1S/C27H49NO/c1-20(23(22-18-29-19-22)11-13-25(2,3)4)10-14-27(8,9)15-12-24(26(5,6)7)21-16-28-17-21/h11-13,15,20-24,28H,10,14,16-19H2,1-9H3/b13-11+,15-12+. The quantitative estimate of drug-likeness (QED) is 0.431. The van der Waals surface area contributed by atoms with Crippen LogP contribution in [-0.4, -0.2) is 26.3 Å². The van der Waals surface area contributed by atoms with Gasteiger partial charge in [-0.05, 0) is 65.8 Å². The molecule has 0 aromatic carbocycles. The highest BCUT2D eigenvalue weighted by Gasteiger charge is 2.34. The van der Waals surface area contributed by atoms with E-state index >= 15 is 0 Å². The van der Waals surface area contributed by atoms with Crippen molar-refractivity contribution < 1.29 is 4.74 Å². The molecule has 2 saturated heterocycles. The minimum Gasteiger partial charge on any atom is -0.381 e. The largest absolute Gasteiger partial charge is 0.381 e. The second-order valence-electron chi connectivity index (χ2n) is 12.8. The molecule has 29 heavy (non-hydrogen) atoms. The lowest BCUT2D eigenvalue weighted by atomic mass is 9.69. The second kappa shape index (κ2) is 9.69. The molecule has 0 aromatic heterocycles. The number of hydrogen-bond donors (Lipinski definition) is 1. The van der Waals surface area contributed by atoms with Crippen LogP contribution in [-0.2, 0) is 4.74 Å². The molecule has 2 nitrogen and oxygen atoms in total. The predicted molar refractivity (Wildman–Crippen MR) is 127 cm³/mol. The highest BCUT2D eigenvalue weighted by molar-refractivity contribution is 5.06. The van der Waals surface area contributed by atoms with E-state index in [0.29, 0.717) is 29.1 Å². The first-order chi connectivity index (χ1) is 13.3. The zero-order chi connectivity index (χ0) is 21.9. The van der Waals surface area contributed by atoms with E-state index in [9.17, 15) is 0 Å². The van der Waals surface area contributed by atoms with E-state index in [2.05, 4.69) is 91.9 Å². The monoisotopic (exact) mass is 403 g/mol. The van der Waals surface area contributed by atoms with Crippen LogP contribution in [0.4, 0.5) is 0 Å². The van der Waals surface area contributed by atoms with E-state index in [0.717, 1.165) is 19.1 Å². The van der Waals surface area contributed by atoms with Crippen LogP contribution in [0.3, 0.4) is 0 Å². The summed E-state index contributed by atoms with van der Waals surface area (Å²) in [6.07, 6.45) is 12.5. The van der Waals surface area contributed by atoms with Gasteiger partial charge >= 0.3 is 0 Å². The van der Waals surface area contributed by atoms with E-state index < -0.39 is 0 Å². The van der Waals surface area contributed by atoms with Crippen molar-refractivity contribution in [2.24, 2.45) is 45.8 Å². The van der Waals surface area contributed by atoms with Crippen molar-refractivity contribution in [1.29, 1.82) is 0 Å². The van der Waals surface area contributed by atoms with Crippen molar-refractivity contribution >= 4 is 0 Å². The van der Waals surface area contributed by atoms with Gasteiger partial charge in [-0.25, -0.2) is 0 Å². The Morgan fingerprint density at radius 2 is 1.52 bits per heavy atom. The van der Waals surface area contributed by atoms with Crippen molar-refractivity contribution in [3.63, 3.8) is 0 Å². The first kappa shape index (κ1) is 24.7. The highest BCUT2D eigenvalue weighted by Crippen LogP contribution is 2.39. The Morgan fingerprint density at radius 3 is 1.93 bits per heavy atom. The van der Waals surface area contributed by atoms with Crippen molar-refractivity contribution in [2.75, 3.05) is 26.3 Å². The van der Waals surface area contributed by atoms with Crippen LogP contribution in [0.5, 0.6) is 0 Å². The molecule has 2 rings (SSSR count). The summed E-state index contributed by atoms with van der Waals surface area (Å²) in [5.41, 5.74) is 0.839. The molecule has 0 aliphatic carbocycles. The van der Waals surface area contributed by atoms with Gasteiger partial charge in [-0.1, -0.05) is 86.6 Å². The lowest BCUT2D eigenvalue weighted by molar-refractivity contribution is -0.0617. The maximum Gasteiger partial charge on any atom is 0.0522 e. The van der Waals surface area contributed by atoms with Gasteiger partial charge in [0.05, 0.1) is 13.2 Å². The van der Waals surface area contributed by atoms with Crippen LogP contribution in [0.1, 0.15) is 75.2 Å². The van der Waals surface area contributed by atoms with Gasteiger partial charge in [0.25, 0.3) is 0 Å². The summed E-state index contributed by atoms with van der Waals surface area (Å²) < 4.78 is 5.53. The van der Waals surface area contributed by atoms with Crippen LogP contribution in [0.2, 0.25) is 0 Å². The molecule has 3 atom stereocenters. The van der Waals surface area contributed by atoms with Crippen LogP contribution >= 0.6 is 0 Å². The van der Waals surface area contributed by atoms with E-state index in [4.69, 9.17) is 4.74 Å². The molecule has 0 bridgehead atoms. The first-order valence-electron chi connectivity index (χ1n) is 12.0. The molecular weight excluding hydrogens is 354 g/mol. The lowest BCUT2D eigenvalue weighted by Gasteiger charge is -2.41. The minimum absolute atomic E-state index is 0.253. The summed E-state index contributed by atoms with van der Waals surface area (Å²) in [6, 6.07) is 0. The molecule has 2 heterocycles. The number of nitrogens with one attached hydrogen (secondary N) is 1. The third kappa shape index (κ3) is 7.87. The van der Waals surface area contributed by atoms with Crippen molar-refractivity contribution in [2.45, 2.75) is 75.2 Å².